The first-order valence-corrected chi connectivity index (χ1v) is 17.8. The molecule has 0 atom stereocenters. The van der Waals surface area contributed by atoms with E-state index in [1.807, 2.05) is 45.3 Å². The summed E-state index contributed by atoms with van der Waals surface area (Å²) >= 11 is 8.03. The van der Waals surface area contributed by atoms with Crippen LogP contribution in [-0.2, 0) is 22.3 Å². The van der Waals surface area contributed by atoms with Crippen LogP contribution in [0.4, 0.5) is 0 Å². The number of unbranched alkanes of at least 4 members (excludes halogenated alkanes) is 2. The van der Waals surface area contributed by atoms with Gasteiger partial charge in [-0.3, -0.25) is 0 Å². The van der Waals surface area contributed by atoms with Crippen molar-refractivity contribution in [2.24, 2.45) is 0 Å². The number of ether oxygens (including phenoxy) is 2. The van der Waals surface area contributed by atoms with Gasteiger partial charge in [0.25, 0.3) is 0 Å². The van der Waals surface area contributed by atoms with Gasteiger partial charge in [0.15, 0.2) is 0 Å². The van der Waals surface area contributed by atoms with Gasteiger partial charge in [0.1, 0.15) is 0 Å². The van der Waals surface area contributed by atoms with Crippen LogP contribution in [0.1, 0.15) is 50.7 Å². The van der Waals surface area contributed by atoms with Gasteiger partial charge in [-0.15, -0.1) is 45.3 Å². The molecule has 7 rings (SSSR count). The molecule has 7 aromatic rings. The molecule has 0 unspecified atom stereocenters. The van der Waals surface area contributed by atoms with Crippen molar-refractivity contribution < 1.29 is 9.47 Å². The van der Waals surface area contributed by atoms with Crippen LogP contribution in [0.3, 0.4) is 0 Å². The Morgan fingerprint density at radius 2 is 1.10 bits per heavy atom. The zero-order valence-electron chi connectivity index (χ0n) is 23.1. The third-order valence-corrected chi connectivity index (χ3v) is 13.1. The second kappa shape index (κ2) is 11.7. The molecule has 4 aromatic heterocycles. The molecular weight excluding hydrogens is 569 g/mol. The molecule has 0 aliphatic carbocycles. The fraction of sp³-hybridized carbons (Fsp3) is 0.353. The molecule has 3 aromatic carbocycles. The molecule has 6 heteroatoms. The first-order chi connectivity index (χ1) is 19.8. The van der Waals surface area contributed by atoms with Gasteiger partial charge in [-0.25, -0.2) is 0 Å². The van der Waals surface area contributed by atoms with E-state index >= 15 is 0 Å². The Kier molecular flexibility index (Phi) is 7.82. The highest BCUT2D eigenvalue weighted by atomic mass is 32.1. The zero-order valence-corrected chi connectivity index (χ0v) is 26.4. The van der Waals surface area contributed by atoms with Gasteiger partial charge >= 0.3 is 0 Å². The van der Waals surface area contributed by atoms with Crippen molar-refractivity contribution in [2.45, 2.75) is 52.4 Å². The lowest BCUT2D eigenvalue weighted by molar-refractivity contribution is 0.134. The Balaban J connectivity index is 1.50. The quantitative estimate of drug-likeness (QED) is 0.130. The van der Waals surface area contributed by atoms with Crippen LogP contribution >= 0.6 is 45.3 Å². The minimum absolute atomic E-state index is 0.784. The summed E-state index contributed by atoms with van der Waals surface area (Å²) in [6, 6.07) is 17.9. The van der Waals surface area contributed by atoms with Crippen molar-refractivity contribution in [3.8, 4) is 0 Å². The lowest BCUT2D eigenvalue weighted by atomic mass is 9.96. The summed E-state index contributed by atoms with van der Waals surface area (Å²) < 4.78 is 23.6. The van der Waals surface area contributed by atoms with E-state index in [1.165, 1.54) is 71.1 Å². The van der Waals surface area contributed by atoms with Gasteiger partial charge in [0.2, 0.25) is 0 Å². The van der Waals surface area contributed by atoms with E-state index in [-0.39, 0.29) is 0 Å². The summed E-state index contributed by atoms with van der Waals surface area (Å²) in [4.78, 5) is 0. The van der Waals surface area contributed by atoms with Gasteiger partial charge in [-0.05, 0) is 62.3 Å². The summed E-state index contributed by atoms with van der Waals surface area (Å²) in [6.07, 6.45) is 6.62. The summed E-state index contributed by atoms with van der Waals surface area (Å²) in [6.45, 7) is 7.60. The fourth-order valence-electron chi connectivity index (χ4n) is 5.94. The molecule has 0 saturated carbocycles. The molecule has 0 fully saturated rings. The monoisotopic (exact) mass is 602 g/mol. The smallest absolute Gasteiger partial charge is 0.0545 e. The standard InChI is InChI=1S/C34H34O2S4/c1-3-5-18-36-20-17-24-28-29(39-32-22-13-7-9-16-26(22)38-34(28)32)23(14-10-11-19-35-4-2)27-30(24)40-31-21-12-6-8-15-25(21)37-33(27)31/h6-9,12-13,15-16H,3-5,10-11,14,17-20H2,1-2H3. The van der Waals surface area contributed by atoms with Crippen molar-refractivity contribution >= 4 is 104 Å². The Morgan fingerprint density at radius 1 is 0.525 bits per heavy atom. The van der Waals surface area contributed by atoms with E-state index in [0.29, 0.717) is 0 Å². The summed E-state index contributed by atoms with van der Waals surface area (Å²) in [5.41, 5.74) is 3.07. The maximum Gasteiger partial charge on any atom is 0.0545 e. The van der Waals surface area contributed by atoms with Gasteiger partial charge in [0, 0.05) is 60.2 Å². The van der Waals surface area contributed by atoms with Crippen LogP contribution in [0, 0.1) is 0 Å². The minimum Gasteiger partial charge on any atom is -0.382 e. The zero-order chi connectivity index (χ0) is 27.1. The van der Waals surface area contributed by atoms with Gasteiger partial charge in [-0.2, -0.15) is 0 Å². The number of hydrogen-bond acceptors (Lipinski definition) is 6. The van der Waals surface area contributed by atoms with Crippen molar-refractivity contribution in [1.29, 1.82) is 0 Å². The van der Waals surface area contributed by atoms with Crippen molar-refractivity contribution in [1.82, 2.24) is 0 Å². The van der Waals surface area contributed by atoms with Crippen LogP contribution in [0.2, 0.25) is 0 Å². The van der Waals surface area contributed by atoms with Crippen LogP contribution < -0.4 is 0 Å². The largest absolute Gasteiger partial charge is 0.382 e. The highest BCUT2D eigenvalue weighted by Crippen LogP contribution is 2.54. The first kappa shape index (κ1) is 26.8. The molecule has 0 aliphatic rings. The number of benzene rings is 3. The van der Waals surface area contributed by atoms with Crippen LogP contribution in [0.15, 0.2) is 48.5 Å². The molecule has 206 valence electrons. The maximum absolute atomic E-state index is 6.18. The Morgan fingerprint density at radius 3 is 1.70 bits per heavy atom. The van der Waals surface area contributed by atoms with E-state index in [2.05, 4.69) is 62.4 Å². The molecule has 0 spiro atoms. The Hall–Kier alpha value is -2.06. The average molecular weight is 603 g/mol. The predicted molar refractivity (Wildman–Crippen MR) is 182 cm³/mol. The van der Waals surface area contributed by atoms with E-state index < -0.39 is 0 Å². The maximum atomic E-state index is 6.18. The van der Waals surface area contributed by atoms with Crippen molar-refractivity contribution in [2.75, 3.05) is 26.4 Å². The van der Waals surface area contributed by atoms with Crippen LogP contribution in [-0.4, -0.2) is 26.4 Å². The molecule has 0 saturated heterocycles. The number of hydrogen-bond donors (Lipinski definition) is 0. The normalized spacial score (nSPS) is 12.4. The second-order valence-electron chi connectivity index (χ2n) is 10.5. The number of thiophene rings is 4. The molecule has 0 aliphatic heterocycles. The molecule has 0 amide bonds. The third kappa shape index (κ3) is 4.57. The lowest BCUT2D eigenvalue weighted by Gasteiger charge is -2.13. The molecule has 4 heterocycles. The number of rotatable bonds is 12. The highest BCUT2D eigenvalue weighted by Gasteiger charge is 2.25. The van der Waals surface area contributed by atoms with E-state index in [4.69, 9.17) is 9.47 Å². The molecule has 0 radical (unpaired) electrons. The SMILES string of the molecule is CCCCOCCc1c2sc3c4ccccc4sc3c2c(CCCCOCC)c2sc3c4ccccc4sc3c12. The predicted octanol–water partition coefficient (Wildman–Crippen LogP) is 11.6. The molecular formula is C34H34O2S4. The van der Waals surface area contributed by atoms with Crippen molar-refractivity contribution in [3.05, 3.63) is 59.7 Å². The third-order valence-electron chi connectivity index (χ3n) is 7.88. The van der Waals surface area contributed by atoms with E-state index in [1.54, 1.807) is 5.56 Å². The molecule has 40 heavy (non-hydrogen) atoms. The van der Waals surface area contributed by atoms with Crippen LogP contribution in [0.25, 0.3) is 59.1 Å². The summed E-state index contributed by atoms with van der Waals surface area (Å²) in [5, 5.41) is 5.84. The van der Waals surface area contributed by atoms with Gasteiger partial charge < -0.3 is 9.47 Å². The van der Waals surface area contributed by atoms with E-state index in [0.717, 1.165) is 58.5 Å². The summed E-state index contributed by atoms with van der Waals surface area (Å²) in [5.74, 6) is 0. The van der Waals surface area contributed by atoms with Crippen molar-refractivity contribution in [3.63, 3.8) is 0 Å². The number of aryl methyl sites for hydroxylation is 1. The topological polar surface area (TPSA) is 18.5 Å². The summed E-state index contributed by atoms with van der Waals surface area (Å²) in [7, 11) is 0. The Bertz CT molecular complexity index is 1810. The highest BCUT2D eigenvalue weighted by molar-refractivity contribution is 7.38. The van der Waals surface area contributed by atoms with Gasteiger partial charge in [-0.1, -0.05) is 49.7 Å². The first-order valence-electron chi connectivity index (χ1n) is 14.6. The van der Waals surface area contributed by atoms with E-state index in [9.17, 15) is 0 Å². The fourth-order valence-corrected chi connectivity index (χ4v) is 11.7. The average Bonchev–Trinajstić information content (AvgIpc) is 3.71. The number of fused-ring (bicyclic) bond motifs is 10. The Labute approximate surface area is 251 Å². The molecule has 0 N–H and O–H groups in total. The van der Waals surface area contributed by atoms with Gasteiger partial charge in [0.05, 0.1) is 25.4 Å². The molecule has 2 nitrogen and oxygen atoms in total. The second-order valence-corrected chi connectivity index (χ2v) is 14.6. The van der Waals surface area contributed by atoms with Crippen LogP contribution in [0.5, 0.6) is 0 Å². The minimum atomic E-state index is 0.784. The molecule has 0 bridgehead atoms. The lowest BCUT2D eigenvalue weighted by Crippen LogP contribution is -2.02.